The summed E-state index contributed by atoms with van der Waals surface area (Å²) in [6, 6.07) is -0.315. The van der Waals surface area contributed by atoms with E-state index < -0.39 is 0 Å². The molecule has 1 unspecified atom stereocenters. The molecular formula is C9H15NO3. The van der Waals surface area contributed by atoms with E-state index in [2.05, 4.69) is 16.6 Å². The van der Waals surface area contributed by atoms with E-state index in [1.807, 2.05) is 0 Å². The quantitative estimate of drug-likeness (QED) is 0.498. The van der Waals surface area contributed by atoms with E-state index in [4.69, 9.17) is 4.74 Å². The number of hydrogen-bond acceptors (Lipinski definition) is 4. The summed E-state index contributed by atoms with van der Waals surface area (Å²) in [6.45, 7) is 4.82. The third kappa shape index (κ3) is 2.54. The first kappa shape index (κ1) is 10.2. The van der Waals surface area contributed by atoms with Crippen LogP contribution in [0.5, 0.6) is 0 Å². The second kappa shape index (κ2) is 4.99. The summed E-state index contributed by atoms with van der Waals surface area (Å²) >= 11 is 0. The summed E-state index contributed by atoms with van der Waals surface area (Å²) in [4.78, 5) is 11.2. The Morgan fingerprint density at radius 2 is 2.54 bits per heavy atom. The van der Waals surface area contributed by atoms with Crippen LogP contribution < -0.4 is 5.32 Å². The normalized spacial score (nSPS) is 27.2. The smallest absolute Gasteiger partial charge is 0.325 e. The van der Waals surface area contributed by atoms with Crippen molar-refractivity contribution in [2.24, 2.45) is 0 Å². The summed E-state index contributed by atoms with van der Waals surface area (Å²) in [7, 11) is 1.38. The Morgan fingerprint density at radius 3 is 3.15 bits per heavy atom. The van der Waals surface area contributed by atoms with Crippen LogP contribution in [-0.4, -0.2) is 38.4 Å². The number of rotatable bonds is 4. The molecule has 2 atom stereocenters. The molecule has 1 saturated heterocycles. The number of hydrogen-bond donors (Lipinski definition) is 1. The Labute approximate surface area is 77.9 Å². The van der Waals surface area contributed by atoms with Crippen LogP contribution >= 0.6 is 0 Å². The van der Waals surface area contributed by atoms with Gasteiger partial charge in [-0.1, -0.05) is 6.08 Å². The predicted molar refractivity (Wildman–Crippen MR) is 48.4 cm³/mol. The van der Waals surface area contributed by atoms with Crippen molar-refractivity contribution in [3.8, 4) is 0 Å². The van der Waals surface area contributed by atoms with E-state index in [9.17, 15) is 4.79 Å². The maximum Gasteiger partial charge on any atom is 0.325 e. The second-order valence-corrected chi connectivity index (χ2v) is 2.90. The molecule has 1 heterocycles. The van der Waals surface area contributed by atoms with Gasteiger partial charge in [0.2, 0.25) is 0 Å². The summed E-state index contributed by atoms with van der Waals surface area (Å²) < 4.78 is 10.0. The average molecular weight is 185 g/mol. The lowest BCUT2D eigenvalue weighted by Crippen LogP contribution is -2.40. The molecule has 0 aliphatic carbocycles. The van der Waals surface area contributed by atoms with Crippen LogP contribution in [0, 0.1) is 0 Å². The molecule has 4 heteroatoms. The Balaban J connectivity index is 2.43. The van der Waals surface area contributed by atoms with Crippen LogP contribution in [0.25, 0.3) is 0 Å². The van der Waals surface area contributed by atoms with Gasteiger partial charge in [-0.05, 0) is 13.0 Å². The molecule has 13 heavy (non-hydrogen) atoms. The number of methoxy groups -OCH3 is 1. The monoisotopic (exact) mass is 185 g/mol. The molecule has 1 rings (SSSR count). The van der Waals surface area contributed by atoms with Crippen LogP contribution in [0.1, 0.15) is 6.42 Å². The van der Waals surface area contributed by atoms with Gasteiger partial charge < -0.3 is 14.8 Å². The van der Waals surface area contributed by atoms with Crippen molar-refractivity contribution in [1.82, 2.24) is 5.32 Å². The van der Waals surface area contributed by atoms with Crippen LogP contribution in [0.3, 0.4) is 0 Å². The first-order chi connectivity index (χ1) is 6.29. The Kier molecular flexibility index (Phi) is 3.92. The van der Waals surface area contributed by atoms with Gasteiger partial charge in [0.1, 0.15) is 6.04 Å². The standard InChI is InChI=1S/C9H15NO3/c1-3-6-13-7-4-5-10-8(7)9(11)12-2/h3,7-8,10H,1,4-6H2,2H3/t7-,8?/m0/s1. The SMILES string of the molecule is C=CCO[C@H]1CCNC1C(=O)OC. The van der Waals surface area contributed by atoms with Gasteiger partial charge in [-0.3, -0.25) is 4.79 Å². The molecule has 1 fully saturated rings. The van der Waals surface area contributed by atoms with Gasteiger partial charge in [0, 0.05) is 0 Å². The summed E-state index contributed by atoms with van der Waals surface area (Å²) in [5.41, 5.74) is 0. The van der Waals surface area contributed by atoms with Gasteiger partial charge >= 0.3 is 5.97 Å². The summed E-state index contributed by atoms with van der Waals surface area (Å²) in [5.74, 6) is -0.258. The number of nitrogens with one attached hydrogen (secondary N) is 1. The minimum absolute atomic E-state index is 0.0783. The zero-order chi connectivity index (χ0) is 9.68. The fraction of sp³-hybridized carbons (Fsp3) is 0.667. The molecule has 0 bridgehead atoms. The third-order valence-electron chi connectivity index (χ3n) is 2.05. The molecule has 0 radical (unpaired) electrons. The maximum atomic E-state index is 11.2. The highest BCUT2D eigenvalue weighted by molar-refractivity contribution is 5.76. The zero-order valence-electron chi connectivity index (χ0n) is 7.79. The lowest BCUT2D eigenvalue weighted by Gasteiger charge is -2.16. The predicted octanol–water partition coefficient (Wildman–Crippen LogP) is 0.0925. The molecule has 1 aliphatic heterocycles. The van der Waals surface area contributed by atoms with Crippen molar-refractivity contribution in [2.45, 2.75) is 18.6 Å². The first-order valence-electron chi connectivity index (χ1n) is 4.33. The van der Waals surface area contributed by atoms with Gasteiger partial charge in [0.25, 0.3) is 0 Å². The van der Waals surface area contributed by atoms with E-state index in [1.54, 1.807) is 6.08 Å². The molecule has 1 aliphatic rings. The highest BCUT2D eigenvalue weighted by Gasteiger charge is 2.33. The number of carbonyl (C=O) groups is 1. The molecule has 74 valence electrons. The average Bonchev–Trinajstić information content (AvgIpc) is 2.61. The molecule has 0 aromatic carbocycles. The molecule has 0 amide bonds. The van der Waals surface area contributed by atoms with Crippen LogP contribution in [0.15, 0.2) is 12.7 Å². The molecule has 4 nitrogen and oxygen atoms in total. The van der Waals surface area contributed by atoms with Crippen molar-refractivity contribution in [3.05, 3.63) is 12.7 Å². The topological polar surface area (TPSA) is 47.6 Å². The molecule has 0 aromatic rings. The molecule has 0 saturated carbocycles. The lowest BCUT2D eigenvalue weighted by atomic mass is 10.2. The van der Waals surface area contributed by atoms with E-state index in [0.29, 0.717) is 6.61 Å². The zero-order valence-corrected chi connectivity index (χ0v) is 7.79. The lowest BCUT2D eigenvalue weighted by molar-refractivity contribution is -0.145. The van der Waals surface area contributed by atoms with E-state index in [-0.39, 0.29) is 18.1 Å². The van der Waals surface area contributed by atoms with Gasteiger partial charge in [-0.15, -0.1) is 6.58 Å². The van der Waals surface area contributed by atoms with Gasteiger partial charge in [-0.25, -0.2) is 0 Å². The van der Waals surface area contributed by atoms with Gasteiger partial charge in [-0.2, -0.15) is 0 Å². The highest BCUT2D eigenvalue weighted by Crippen LogP contribution is 2.12. The van der Waals surface area contributed by atoms with Crippen molar-refractivity contribution in [2.75, 3.05) is 20.3 Å². The number of esters is 1. The molecular weight excluding hydrogens is 170 g/mol. The van der Waals surface area contributed by atoms with Crippen LogP contribution in [0.2, 0.25) is 0 Å². The summed E-state index contributed by atoms with van der Waals surface area (Å²) in [5, 5.41) is 3.03. The van der Waals surface area contributed by atoms with E-state index >= 15 is 0 Å². The maximum absolute atomic E-state index is 11.2. The largest absolute Gasteiger partial charge is 0.468 e. The van der Waals surface area contributed by atoms with Crippen LogP contribution in [-0.2, 0) is 14.3 Å². The number of carbonyl (C=O) groups excluding carboxylic acids is 1. The second-order valence-electron chi connectivity index (χ2n) is 2.90. The van der Waals surface area contributed by atoms with Crippen molar-refractivity contribution in [1.29, 1.82) is 0 Å². The molecule has 0 spiro atoms. The third-order valence-corrected chi connectivity index (χ3v) is 2.05. The summed E-state index contributed by atoms with van der Waals surface area (Å²) in [6.07, 6.45) is 2.44. The van der Waals surface area contributed by atoms with Gasteiger partial charge in [0.15, 0.2) is 0 Å². The van der Waals surface area contributed by atoms with Crippen molar-refractivity contribution in [3.63, 3.8) is 0 Å². The highest BCUT2D eigenvalue weighted by atomic mass is 16.5. The fourth-order valence-corrected chi connectivity index (χ4v) is 1.41. The number of ether oxygens (including phenoxy) is 2. The fourth-order valence-electron chi connectivity index (χ4n) is 1.41. The minimum atomic E-state index is -0.315. The molecule has 1 N–H and O–H groups in total. The van der Waals surface area contributed by atoms with Crippen LogP contribution in [0.4, 0.5) is 0 Å². The van der Waals surface area contributed by atoms with E-state index in [0.717, 1.165) is 13.0 Å². The van der Waals surface area contributed by atoms with E-state index in [1.165, 1.54) is 7.11 Å². The van der Waals surface area contributed by atoms with Gasteiger partial charge in [0.05, 0.1) is 19.8 Å². The van der Waals surface area contributed by atoms with Crippen molar-refractivity contribution < 1.29 is 14.3 Å². The van der Waals surface area contributed by atoms with Crippen molar-refractivity contribution >= 4 is 5.97 Å². The Bertz CT molecular complexity index is 193. The Morgan fingerprint density at radius 1 is 1.77 bits per heavy atom. The first-order valence-corrected chi connectivity index (χ1v) is 4.33. The Hall–Kier alpha value is -0.870. The minimum Gasteiger partial charge on any atom is -0.468 e. The molecule has 0 aromatic heterocycles.